The number of carbonyl (C=O) groups excluding carboxylic acids is 3. The van der Waals surface area contributed by atoms with Crippen LogP contribution in [-0.2, 0) is 19.2 Å². The van der Waals surface area contributed by atoms with Crippen LogP contribution < -0.4 is 10.1 Å². The number of aliphatic carboxylic acids is 1. The molecular formula is C17H19N3O6. The van der Waals surface area contributed by atoms with E-state index in [2.05, 4.69) is 5.32 Å². The molecule has 0 saturated carbocycles. The van der Waals surface area contributed by atoms with Gasteiger partial charge >= 0.3 is 5.97 Å². The van der Waals surface area contributed by atoms with Crippen LogP contribution >= 0.6 is 0 Å². The number of hydrogen-bond donors (Lipinski definition) is 2. The maximum atomic E-state index is 12.3. The van der Waals surface area contributed by atoms with Gasteiger partial charge in [0, 0.05) is 13.0 Å². The van der Waals surface area contributed by atoms with Crippen molar-refractivity contribution in [2.45, 2.75) is 31.6 Å². The first kappa shape index (κ1) is 17.7. The van der Waals surface area contributed by atoms with E-state index in [1.54, 1.807) is 31.2 Å². The van der Waals surface area contributed by atoms with Gasteiger partial charge in [0.2, 0.25) is 18.0 Å². The number of β-lactam (4-membered cyclic amide) rings is 1. The number of carbonyl (C=O) groups is 4. The summed E-state index contributed by atoms with van der Waals surface area (Å²) in [6.45, 7) is 1.44. The number of nitrogens with zero attached hydrogens (tertiary/aromatic N) is 2. The quantitative estimate of drug-likeness (QED) is 0.655. The molecule has 0 aromatic heterocycles. The van der Waals surface area contributed by atoms with Crippen LogP contribution in [0.4, 0.5) is 0 Å². The fraction of sp³-hybridized carbons (Fsp3) is 0.412. The SMILES string of the molecule is CCC(=O)N1CC2[C@H](NC(=O)COc3ccccc3)C(=O)N2C1C(=O)O. The summed E-state index contributed by atoms with van der Waals surface area (Å²) in [5, 5.41) is 11.9. The molecule has 138 valence electrons. The Labute approximate surface area is 149 Å². The lowest BCUT2D eigenvalue weighted by atomic mass is 9.96. The molecular weight excluding hydrogens is 342 g/mol. The smallest absolute Gasteiger partial charge is 0.347 e. The Morgan fingerprint density at radius 3 is 2.58 bits per heavy atom. The molecule has 2 N–H and O–H groups in total. The molecule has 2 aliphatic rings. The van der Waals surface area contributed by atoms with E-state index in [4.69, 9.17) is 4.74 Å². The summed E-state index contributed by atoms with van der Waals surface area (Å²) in [4.78, 5) is 50.1. The van der Waals surface area contributed by atoms with Crippen LogP contribution in [0, 0.1) is 0 Å². The monoisotopic (exact) mass is 361 g/mol. The van der Waals surface area contributed by atoms with Gasteiger partial charge in [0.05, 0.1) is 6.04 Å². The largest absolute Gasteiger partial charge is 0.484 e. The van der Waals surface area contributed by atoms with Crippen LogP contribution in [0.25, 0.3) is 0 Å². The molecule has 26 heavy (non-hydrogen) atoms. The number of benzene rings is 1. The summed E-state index contributed by atoms with van der Waals surface area (Å²) in [5.41, 5.74) is 0. The zero-order valence-corrected chi connectivity index (χ0v) is 14.1. The second-order valence-corrected chi connectivity index (χ2v) is 6.07. The number of ether oxygens (including phenoxy) is 1. The summed E-state index contributed by atoms with van der Waals surface area (Å²) in [5.74, 6) is -2.09. The molecule has 3 amide bonds. The fourth-order valence-electron chi connectivity index (χ4n) is 3.25. The minimum atomic E-state index is -1.31. The summed E-state index contributed by atoms with van der Waals surface area (Å²) in [7, 11) is 0. The van der Waals surface area contributed by atoms with Crippen molar-refractivity contribution in [3.63, 3.8) is 0 Å². The topological polar surface area (TPSA) is 116 Å². The van der Waals surface area contributed by atoms with Gasteiger partial charge in [-0.2, -0.15) is 0 Å². The van der Waals surface area contributed by atoms with Gasteiger partial charge in [0.25, 0.3) is 5.91 Å². The molecule has 3 atom stereocenters. The maximum absolute atomic E-state index is 12.3. The molecule has 0 radical (unpaired) electrons. The third-order valence-corrected chi connectivity index (χ3v) is 4.48. The van der Waals surface area contributed by atoms with Crippen molar-refractivity contribution in [2.24, 2.45) is 0 Å². The number of carboxylic acid groups (broad SMARTS) is 1. The van der Waals surface area contributed by atoms with Gasteiger partial charge in [0.15, 0.2) is 6.61 Å². The van der Waals surface area contributed by atoms with Crippen molar-refractivity contribution in [3.8, 4) is 5.75 Å². The van der Waals surface area contributed by atoms with Crippen molar-refractivity contribution in [3.05, 3.63) is 30.3 Å². The predicted octanol–water partition coefficient (Wildman–Crippen LogP) is -0.576. The molecule has 0 spiro atoms. The average Bonchev–Trinajstić information content (AvgIpc) is 3.01. The van der Waals surface area contributed by atoms with Crippen molar-refractivity contribution >= 4 is 23.7 Å². The number of rotatable bonds is 6. The van der Waals surface area contributed by atoms with Gasteiger partial charge in [-0.3, -0.25) is 14.4 Å². The van der Waals surface area contributed by atoms with Gasteiger partial charge in [-0.25, -0.2) is 4.79 Å². The number of hydrogen-bond acceptors (Lipinski definition) is 5. The van der Waals surface area contributed by atoms with Crippen LogP contribution in [0.3, 0.4) is 0 Å². The van der Waals surface area contributed by atoms with Gasteiger partial charge in [-0.1, -0.05) is 25.1 Å². The van der Waals surface area contributed by atoms with Crippen molar-refractivity contribution in [1.82, 2.24) is 15.1 Å². The van der Waals surface area contributed by atoms with E-state index in [1.165, 1.54) is 0 Å². The highest BCUT2D eigenvalue weighted by atomic mass is 16.5. The van der Waals surface area contributed by atoms with E-state index >= 15 is 0 Å². The first-order chi connectivity index (χ1) is 12.4. The summed E-state index contributed by atoms with van der Waals surface area (Å²) in [6, 6.07) is 7.36. The second-order valence-electron chi connectivity index (χ2n) is 6.07. The Kier molecular flexibility index (Phi) is 4.79. The molecule has 2 heterocycles. The zero-order valence-electron chi connectivity index (χ0n) is 14.1. The fourth-order valence-corrected chi connectivity index (χ4v) is 3.25. The molecule has 0 aliphatic carbocycles. The highest BCUT2D eigenvalue weighted by molar-refractivity contribution is 5.99. The average molecular weight is 361 g/mol. The number of carboxylic acids is 1. The minimum Gasteiger partial charge on any atom is -0.484 e. The Hall–Kier alpha value is -3.10. The van der Waals surface area contributed by atoms with Crippen molar-refractivity contribution in [2.75, 3.05) is 13.2 Å². The Balaban J connectivity index is 1.61. The van der Waals surface area contributed by atoms with Crippen LogP contribution in [0.2, 0.25) is 0 Å². The molecule has 0 bridgehead atoms. The molecule has 2 fully saturated rings. The van der Waals surface area contributed by atoms with Crippen LogP contribution in [0.15, 0.2) is 30.3 Å². The zero-order chi connectivity index (χ0) is 18.8. The second kappa shape index (κ2) is 7.03. The molecule has 9 heteroatoms. The van der Waals surface area contributed by atoms with Gasteiger partial charge < -0.3 is 25.0 Å². The first-order valence-electron chi connectivity index (χ1n) is 8.25. The molecule has 3 rings (SSSR count). The first-order valence-corrected chi connectivity index (χ1v) is 8.25. The van der Waals surface area contributed by atoms with Gasteiger partial charge in [-0.15, -0.1) is 0 Å². The molecule has 2 aliphatic heterocycles. The third-order valence-electron chi connectivity index (χ3n) is 4.48. The lowest BCUT2D eigenvalue weighted by Gasteiger charge is -2.43. The molecule has 2 saturated heterocycles. The normalized spacial score (nSPS) is 23.9. The number of amides is 3. The number of para-hydroxylation sites is 1. The van der Waals surface area contributed by atoms with Gasteiger partial charge in [-0.05, 0) is 12.1 Å². The van der Waals surface area contributed by atoms with Crippen molar-refractivity contribution < 1.29 is 29.0 Å². The van der Waals surface area contributed by atoms with E-state index in [0.29, 0.717) is 5.75 Å². The molecule has 9 nitrogen and oxygen atoms in total. The van der Waals surface area contributed by atoms with E-state index in [1.807, 2.05) is 6.07 Å². The number of fused-ring (bicyclic) bond motifs is 1. The molecule has 1 aromatic carbocycles. The third kappa shape index (κ3) is 3.07. The number of nitrogens with one attached hydrogen (secondary N) is 1. The van der Waals surface area contributed by atoms with E-state index in [9.17, 15) is 24.3 Å². The maximum Gasteiger partial charge on any atom is 0.347 e. The summed E-state index contributed by atoms with van der Waals surface area (Å²) in [6.07, 6.45) is -1.17. The minimum absolute atomic E-state index is 0.0832. The van der Waals surface area contributed by atoms with Crippen LogP contribution in [0.5, 0.6) is 5.75 Å². The predicted molar refractivity (Wildman–Crippen MR) is 87.9 cm³/mol. The Morgan fingerprint density at radius 1 is 1.27 bits per heavy atom. The standard InChI is InChI=1S/C17H19N3O6/c1-2-13(22)19-8-11-14(16(23)20(11)15(19)17(24)25)18-12(21)9-26-10-6-4-3-5-7-10/h3-7,11,14-15H,2,8-9H2,1H3,(H,18,21)(H,24,25)/t11?,14-,15?/m0/s1. The molecule has 2 unspecified atom stereocenters. The van der Waals surface area contributed by atoms with Crippen LogP contribution in [-0.4, -0.2) is 70.0 Å². The Morgan fingerprint density at radius 2 is 1.96 bits per heavy atom. The van der Waals surface area contributed by atoms with Gasteiger partial charge in [0.1, 0.15) is 11.8 Å². The Bertz CT molecular complexity index is 737. The van der Waals surface area contributed by atoms with Crippen molar-refractivity contribution in [1.29, 1.82) is 0 Å². The lowest BCUT2D eigenvalue weighted by Crippen LogP contribution is -2.71. The molecule has 1 aromatic rings. The van der Waals surface area contributed by atoms with E-state index < -0.39 is 36.0 Å². The van der Waals surface area contributed by atoms with E-state index in [-0.39, 0.29) is 25.5 Å². The lowest BCUT2D eigenvalue weighted by molar-refractivity contribution is -0.166. The highest BCUT2D eigenvalue weighted by Crippen LogP contribution is 2.33. The summed E-state index contributed by atoms with van der Waals surface area (Å²) >= 11 is 0. The van der Waals surface area contributed by atoms with E-state index in [0.717, 1.165) is 9.80 Å². The van der Waals surface area contributed by atoms with Crippen LogP contribution in [0.1, 0.15) is 13.3 Å². The highest BCUT2D eigenvalue weighted by Gasteiger charge is 2.60. The summed E-state index contributed by atoms with van der Waals surface area (Å²) < 4.78 is 5.32.